The number of hydrogen-bond acceptors (Lipinski definition) is 6. The molecule has 0 amide bonds. The fraction of sp³-hybridized carbons (Fsp3) is 0.200. The zero-order valence-electron chi connectivity index (χ0n) is 9.88. The van der Waals surface area contributed by atoms with Gasteiger partial charge in [-0.25, -0.2) is 4.98 Å². The molecule has 2 rings (SSSR count). The van der Waals surface area contributed by atoms with Gasteiger partial charge in [0, 0.05) is 12.8 Å². The number of nitrogens with one attached hydrogen (secondary N) is 1. The highest BCUT2D eigenvalue weighted by atomic mass is 35.5. The molecule has 0 bridgehead atoms. The van der Waals surface area contributed by atoms with E-state index in [2.05, 4.69) is 15.1 Å². The molecular weight excluding hydrogens is 290 g/mol. The Labute approximate surface area is 116 Å². The first-order valence-electron chi connectivity index (χ1n) is 5.18. The lowest BCUT2D eigenvalue weighted by molar-refractivity contribution is 0.596. The Balaban J connectivity index is 2.23. The van der Waals surface area contributed by atoms with Gasteiger partial charge in [0.05, 0.1) is 10.7 Å². The summed E-state index contributed by atoms with van der Waals surface area (Å²) in [6.07, 6.45) is 0. The molecule has 0 spiro atoms. The van der Waals surface area contributed by atoms with E-state index in [4.69, 9.17) is 17.3 Å². The molecule has 0 fully saturated rings. The number of anilines is 1. The number of thioether (sulfide) groups is 1. The number of nitrogens with zero attached hydrogens (tertiary/aromatic N) is 3. The highest BCUT2D eigenvalue weighted by molar-refractivity contribution is 7.98. The number of halogens is 1. The minimum atomic E-state index is -0.827. The molecule has 19 heavy (non-hydrogen) atoms. The first-order valence-corrected chi connectivity index (χ1v) is 6.55. The number of aryl methyl sites for hydroxylation is 1. The minimum absolute atomic E-state index is 0.364. The third-order valence-corrected chi connectivity index (χ3v) is 3.61. The van der Waals surface area contributed by atoms with Crippen molar-refractivity contribution in [2.75, 3.05) is 5.73 Å². The molecule has 0 atom stereocenters. The van der Waals surface area contributed by atoms with Crippen molar-refractivity contribution in [1.82, 2.24) is 19.7 Å². The van der Waals surface area contributed by atoms with E-state index >= 15 is 0 Å². The Bertz CT molecular complexity index is 727. The molecular formula is C10H10ClN5O2S. The summed E-state index contributed by atoms with van der Waals surface area (Å²) in [5, 5.41) is 3.20. The van der Waals surface area contributed by atoms with E-state index in [1.165, 1.54) is 16.4 Å². The second-order valence-electron chi connectivity index (χ2n) is 3.65. The van der Waals surface area contributed by atoms with Crippen LogP contribution in [0, 0.1) is 0 Å². The SMILES string of the molecule is Cn1[nH]c(=O)c(=O)nc1SCc1nc(N)ccc1Cl. The monoisotopic (exact) mass is 299 g/mol. The van der Waals surface area contributed by atoms with Crippen molar-refractivity contribution >= 4 is 29.2 Å². The molecule has 2 aromatic rings. The van der Waals surface area contributed by atoms with Crippen LogP contribution in [-0.2, 0) is 12.8 Å². The highest BCUT2D eigenvalue weighted by Gasteiger charge is 2.08. The van der Waals surface area contributed by atoms with Crippen LogP contribution in [-0.4, -0.2) is 19.7 Å². The molecule has 0 aliphatic carbocycles. The number of aromatic nitrogens is 4. The highest BCUT2D eigenvalue weighted by Crippen LogP contribution is 2.23. The first kappa shape index (κ1) is 13.6. The summed E-state index contributed by atoms with van der Waals surface area (Å²) in [6.45, 7) is 0. The van der Waals surface area contributed by atoms with Crippen LogP contribution in [0.5, 0.6) is 0 Å². The van der Waals surface area contributed by atoms with Gasteiger partial charge in [-0.3, -0.25) is 19.4 Å². The average Bonchev–Trinajstić information content (AvgIpc) is 2.36. The van der Waals surface area contributed by atoms with Gasteiger partial charge in [0.15, 0.2) is 5.16 Å². The quantitative estimate of drug-likeness (QED) is 0.627. The number of H-pyrrole nitrogens is 1. The van der Waals surface area contributed by atoms with Crippen molar-refractivity contribution in [2.24, 2.45) is 7.05 Å². The Hall–Kier alpha value is -1.80. The van der Waals surface area contributed by atoms with E-state index in [0.29, 0.717) is 27.4 Å². The van der Waals surface area contributed by atoms with Gasteiger partial charge in [0.2, 0.25) is 0 Å². The molecule has 2 heterocycles. The topological polar surface area (TPSA) is 107 Å². The summed E-state index contributed by atoms with van der Waals surface area (Å²) < 4.78 is 1.37. The average molecular weight is 300 g/mol. The van der Waals surface area contributed by atoms with Gasteiger partial charge in [0.25, 0.3) is 0 Å². The molecule has 0 saturated heterocycles. The molecule has 3 N–H and O–H groups in total. The Morgan fingerprint density at radius 2 is 2.16 bits per heavy atom. The number of nitrogens with two attached hydrogens (primary N) is 1. The smallest absolute Gasteiger partial charge is 0.339 e. The van der Waals surface area contributed by atoms with Crippen LogP contribution in [0.1, 0.15) is 5.69 Å². The molecule has 0 aliphatic rings. The van der Waals surface area contributed by atoms with E-state index < -0.39 is 11.1 Å². The summed E-state index contributed by atoms with van der Waals surface area (Å²) in [5.41, 5.74) is 4.58. The molecule has 0 aromatic carbocycles. The molecule has 100 valence electrons. The van der Waals surface area contributed by atoms with Gasteiger partial charge < -0.3 is 5.73 Å². The fourth-order valence-electron chi connectivity index (χ4n) is 1.33. The van der Waals surface area contributed by atoms with Crippen LogP contribution >= 0.6 is 23.4 Å². The van der Waals surface area contributed by atoms with Crippen molar-refractivity contribution in [3.63, 3.8) is 0 Å². The van der Waals surface area contributed by atoms with Gasteiger partial charge in [-0.05, 0) is 12.1 Å². The van der Waals surface area contributed by atoms with Gasteiger partial charge in [0.1, 0.15) is 5.82 Å². The second kappa shape index (κ2) is 5.45. The zero-order chi connectivity index (χ0) is 14.0. The number of aromatic amines is 1. The van der Waals surface area contributed by atoms with Crippen molar-refractivity contribution < 1.29 is 0 Å². The van der Waals surface area contributed by atoms with E-state index in [1.54, 1.807) is 19.2 Å². The van der Waals surface area contributed by atoms with Gasteiger partial charge in [-0.15, -0.1) is 0 Å². The minimum Gasteiger partial charge on any atom is -0.384 e. The largest absolute Gasteiger partial charge is 0.384 e. The Kier molecular flexibility index (Phi) is 3.91. The summed E-state index contributed by atoms with van der Waals surface area (Å²) >= 11 is 7.21. The van der Waals surface area contributed by atoms with Crippen LogP contribution in [0.2, 0.25) is 5.02 Å². The third kappa shape index (κ3) is 3.15. The molecule has 0 unspecified atom stereocenters. The van der Waals surface area contributed by atoms with Crippen LogP contribution in [0.25, 0.3) is 0 Å². The summed E-state index contributed by atoms with van der Waals surface area (Å²) in [6, 6.07) is 3.25. The van der Waals surface area contributed by atoms with Gasteiger partial charge in [-0.1, -0.05) is 23.4 Å². The fourth-order valence-corrected chi connectivity index (χ4v) is 2.45. The van der Waals surface area contributed by atoms with Crippen molar-refractivity contribution in [3.8, 4) is 0 Å². The number of hydrogen-bond donors (Lipinski definition) is 2. The standard InChI is InChI=1S/C10H10ClN5O2S/c1-16-10(14-8(17)9(18)15-16)19-4-6-5(11)2-3-7(12)13-6/h2-3H,4H2,1H3,(H2,12,13)(H,15,18). The van der Waals surface area contributed by atoms with Crippen LogP contribution in [0.15, 0.2) is 26.9 Å². The van der Waals surface area contributed by atoms with Crippen molar-refractivity contribution in [3.05, 3.63) is 43.6 Å². The first-order chi connectivity index (χ1) is 8.97. The molecule has 0 saturated carbocycles. The predicted octanol–water partition coefficient (Wildman–Crippen LogP) is 0.392. The number of pyridine rings is 1. The van der Waals surface area contributed by atoms with Crippen LogP contribution in [0.3, 0.4) is 0 Å². The van der Waals surface area contributed by atoms with Gasteiger partial charge in [-0.2, -0.15) is 4.98 Å². The van der Waals surface area contributed by atoms with E-state index in [9.17, 15) is 9.59 Å². The zero-order valence-corrected chi connectivity index (χ0v) is 11.5. The Morgan fingerprint density at radius 1 is 1.42 bits per heavy atom. The summed E-state index contributed by atoms with van der Waals surface area (Å²) in [7, 11) is 1.59. The number of rotatable bonds is 3. The van der Waals surface area contributed by atoms with Crippen LogP contribution in [0.4, 0.5) is 5.82 Å². The molecule has 2 aromatic heterocycles. The molecule has 9 heteroatoms. The molecule has 7 nitrogen and oxygen atoms in total. The Morgan fingerprint density at radius 3 is 2.89 bits per heavy atom. The third-order valence-electron chi connectivity index (χ3n) is 2.23. The normalized spacial score (nSPS) is 10.6. The second-order valence-corrected chi connectivity index (χ2v) is 5.00. The molecule has 0 radical (unpaired) electrons. The summed E-state index contributed by atoms with van der Waals surface area (Å²) in [5.74, 6) is 0.749. The lowest BCUT2D eigenvalue weighted by Crippen LogP contribution is -2.33. The maximum Gasteiger partial charge on any atom is 0.339 e. The maximum absolute atomic E-state index is 11.2. The lowest BCUT2D eigenvalue weighted by atomic mass is 10.4. The van der Waals surface area contributed by atoms with Crippen molar-refractivity contribution in [1.29, 1.82) is 0 Å². The van der Waals surface area contributed by atoms with Crippen molar-refractivity contribution in [2.45, 2.75) is 10.9 Å². The van der Waals surface area contributed by atoms with E-state index in [-0.39, 0.29) is 0 Å². The molecule has 0 aliphatic heterocycles. The van der Waals surface area contributed by atoms with Crippen LogP contribution < -0.4 is 16.9 Å². The summed E-state index contributed by atoms with van der Waals surface area (Å²) in [4.78, 5) is 30.0. The van der Waals surface area contributed by atoms with Gasteiger partial charge >= 0.3 is 11.1 Å². The van der Waals surface area contributed by atoms with E-state index in [1.807, 2.05) is 0 Å². The maximum atomic E-state index is 11.2. The number of nitrogen functional groups attached to an aromatic ring is 1. The lowest BCUT2D eigenvalue weighted by Gasteiger charge is -2.06. The van der Waals surface area contributed by atoms with E-state index in [0.717, 1.165) is 0 Å². The predicted molar refractivity (Wildman–Crippen MR) is 73.3 cm³/mol.